The van der Waals surface area contributed by atoms with Crippen LogP contribution in [0.25, 0.3) is 0 Å². The molecule has 0 amide bonds. The zero-order valence-corrected chi connectivity index (χ0v) is 7.59. The van der Waals surface area contributed by atoms with Gasteiger partial charge in [-0.05, 0) is 19.3 Å². The number of nitrogens with zero attached hydrogens (tertiary/aromatic N) is 1. The zero-order valence-electron chi connectivity index (χ0n) is 7.59. The van der Waals surface area contributed by atoms with E-state index in [0.29, 0.717) is 0 Å². The molecule has 0 fully saturated rings. The molecule has 0 aromatic rings. The van der Waals surface area contributed by atoms with Gasteiger partial charge in [0.05, 0.1) is 27.7 Å². The van der Waals surface area contributed by atoms with Crippen LogP contribution in [-0.4, -0.2) is 38.1 Å². The summed E-state index contributed by atoms with van der Waals surface area (Å²) in [6.07, 6.45) is 1.88. The summed E-state index contributed by atoms with van der Waals surface area (Å²) >= 11 is 0. The fourth-order valence-corrected chi connectivity index (χ4v) is 0.855. The molecule has 66 valence electrons. The molecule has 0 spiro atoms. The largest absolute Gasteiger partial charge is 0.550 e. The second-order valence-corrected chi connectivity index (χ2v) is 3.84. The second-order valence-electron chi connectivity index (χ2n) is 3.84. The van der Waals surface area contributed by atoms with Crippen LogP contribution in [0.1, 0.15) is 19.3 Å². The van der Waals surface area contributed by atoms with E-state index >= 15 is 0 Å². The molecule has 3 nitrogen and oxygen atoms in total. The summed E-state index contributed by atoms with van der Waals surface area (Å²) in [5, 5.41) is 10.0. The fourth-order valence-electron chi connectivity index (χ4n) is 0.855. The third kappa shape index (κ3) is 9.43. The highest BCUT2D eigenvalue weighted by molar-refractivity contribution is 5.63. The van der Waals surface area contributed by atoms with E-state index in [1.807, 2.05) is 0 Å². The molecule has 0 aliphatic heterocycles. The standard InChI is InChI=1S/C8H17NO2/c1-9(2,3)7-5-4-6-8(10)11/h4-7H2,1-3H3. The summed E-state index contributed by atoms with van der Waals surface area (Å²) < 4.78 is 0.896. The van der Waals surface area contributed by atoms with Crippen molar-refractivity contribution in [3.05, 3.63) is 0 Å². The first-order valence-corrected chi connectivity index (χ1v) is 3.92. The predicted octanol–water partition coefficient (Wildman–Crippen LogP) is -0.387. The monoisotopic (exact) mass is 159 g/mol. The summed E-state index contributed by atoms with van der Waals surface area (Å²) in [6.45, 7) is 1.02. The van der Waals surface area contributed by atoms with E-state index in [-0.39, 0.29) is 6.42 Å². The molecular formula is C8H17NO2. The van der Waals surface area contributed by atoms with Crippen LogP contribution in [0.3, 0.4) is 0 Å². The third-order valence-corrected chi connectivity index (χ3v) is 1.46. The van der Waals surface area contributed by atoms with E-state index in [0.717, 1.165) is 23.9 Å². The quantitative estimate of drug-likeness (QED) is 0.405. The molecule has 0 bridgehead atoms. The summed E-state index contributed by atoms with van der Waals surface area (Å²) in [4.78, 5) is 10.0. The summed E-state index contributed by atoms with van der Waals surface area (Å²) in [5.41, 5.74) is 0. The maximum atomic E-state index is 10.0. The minimum Gasteiger partial charge on any atom is -0.550 e. The Bertz CT molecular complexity index is 127. The molecular weight excluding hydrogens is 142 g/mol. The summed E-state index contributed by atoms with van der Waals surface area (Å²) in [5.74, 6) is -0.939. The molecule has 0 rings (SSSR count). The number of quaternary nitrogens is 1. The lowest BCUT2D eigenvalue weighted by atomic mass is 10.2. The number of unbranched alkanes of at least 4 members (excludes halogenated alkanes) is 1. The topological polar surface area (TPSA) is 40.1 Å². The molecule has 0 heterocycles. The number of hydrogen-bond acceptors (Lipinski definition) is 2. The molecule has 0 radical (unpaired) electrons. The van der Waals surface area contributed by atoms with Gasteiger partial charge >= 0.3 is 0 Å². The van der Waals surface area contributed by atoms with Gasteiger partial charge in [0.25, 0.3) is 0 Å². The van der Waals surface area contributed by atoms with Gasteiger partial charge in [0.15, 0.2) is 0 Å². The van der Waals surface area contributed by atoms with Crippen LogP contribution < -0.4 is 5.11 Å². The van der Waals surface area contributed by atoms with Crippen molar-refractivity contribution in [2.75, 3.05) is 27.7 Å². The molecule has 0 aliphatic rings. The zero-order chi connectivity index (χ0) is 8.91. The van der Waals surface area contributed by atoms with Crippen molar-refractivity contribution < 1.29 is 14.4 Å². The molecule has 0 atom stereocenters. The van der Waals surface area contributed by atoms with Gasteiger partial charge in [-0.2, -0.15) is 0 Å². The average molecular weight is 159 g/mol. The van der Waals surface area contributed by atoms with Crippen molar-refractivity contribution in [1.29, 1.82) is 0 Å². The lowest BCUT2D eigenvalue weighted by molar-refractivity contribution is -0.870. The molecule has 11 heavy (non-hydrogen) atoms. The summed E-state index contributed by atoms with van der Waals surface area (Å²) in [7, 11) is 6.29. The molecule has 0 N–H and O–H groups in total. The molecule has 0 aromatic carbocycles. The number of carbonyl (C=O) groups is 1. The van der Waals surface area contributed by atoms with Gasteiger partial charge in [-0.25, -0.2) is 0 Å². The Morgan fingerprint density at radius 3 is 2.18 bits per heavy atom. The minimum atomic E-state index is -0.939. The van der Waals surface area contributed by atoms with E-state index in [1.165, 1.54) is 0 Å². The van der Waals surface area contributed by atoms with Crippen LogP contribution in [-0.2, 0) is 4.79 Å². The van der Waals surface area contributed by atoms with Crippen molar-refractivity contribution in [2.24, 2.45) is 0 Å². The van der Waals surface area contributed by atoms with Crippen LogP contribution >= 0.6 is 0 Å². The first kappa shape index (κ1) is 10.4. The molecule has 0 aromatic heterocycles. The van der Waals surface area contributed by atoms with Crippen molar-refractivity contribution >= 4 is 5.97 Å². The van der Waals surface area contributed by atoms with Crippen LogP contribution in [0, 0.1) is 0 Å². The van der Waals surface area contributed by atoms with Gasteiger partial charge in [-0.3, -0.25) is 0 Å². The van der Waals surface area contributed by atoms with E-state index in [2.05, 4.69) is 21.1 Å². The highest BCUT2D eigenvalue weighted by atomic mass is 16.4. The lowest BCUT2D eigenvalue weighted by Gasteiger charge is -2.23. The maximum Gasteiger partial charge on any atom is 0.0780 e. The van der Waals surface area contributed by atoms with E-state index in [1.54, 1.807) is 0 Å². The van der Waals surface area contributed by atoms with Gasteiger partial charge in [0.2, 0.25) is 0 Å². The normalized spacial score (nSPS) is 11.5. The van der Waals surface area contributed by atoms with Crippen molar-refractivity contribution in [2.45, 2.75) is 19.3 Å². The Morgan fingerprint density at radius 2 is 1.82 bits per heavy atom. The van der Waals surface area contributed by atoms with E-state index < -0.39 is 5.97 Å². The van der Waals surface area contributed by atoms with Gasteiger partial charge in [0.1, 0.15) is 0 Å². The number of rotatable bonds is 5. The molecule has 0 aliphatic carbocycles. The highest BCUT2D eigenvalue weighted by Crippen LogP contribution is 1.99. The van der Waals surface area contributed by atoms with E-state index in [9.17, 15) is 9.90 Å². The van der Waals surface area contributed by atoms with Gasteiger partial charge in [0, 0.05) is 5.97 Å². The molecule has 0 unspecified atom stereocenters. The SMILES string of the molecule is C[N+](C)(C)CCCCC(=O)[O-]. The average Bonchev–Trinajstić information content (AvgIpc) is 1.78. The van der Waals surface area contributed by atoms with Crippen LogP contribution in [0.15, 0.2) is 0 Å². The first-order chi connectivity index (χ1) is 4.92. The van der Waals surface area contributed by atoms with Crippen LogP contribution in [0.2, 0.25) is 0 Å². The number of carboxylic acids is 1. The van der Waals surface area contributed by atoms with Crippen molar-refractivity contribution in [3.8, 4) is 0 Å². The minimum absolute atomic E-state index is 0.194. The first-order valence-electron chi connectivity index (χ1n) is 3.92. The Labute approximate surface area is 68.2 Å². The predicted molar refractivity (Wildman–Crippen MR) is 41.8 cm³/mol. The molecule has 3 heteroatoms. The number of hydrogen-bond donors (Lipinski definition) is 0. The smallest absolute Gasteiger partial charge is 0.0780 e. The molecule has 0 saturated carbocycles. The Hall–Kier alpha value is -0.570. The lowest BCUT2D eigenvalue weighted by Crippen LogP contribution is -2.35. The van der Waals surface area contributed by atoms with E-state index in [4.69, 9.17) is 0 Å². The fraction of sp³-hybridized carbons (Fsp3) is 0.875. The second kappa shape index (κ2) is 4.34. The summed E-state index contributed by atoms with van der Waals surface area (Å²) in [6, 6.07) is 0. The molecule has 0 saturated heterocycles. The Balaban J connectivity index is 3.22. The Morgan fingerprint density at radius 1 is 1.27 bits per heavy atom. The van der Waals surface area contributed by atoms with Gasteiger partial charge in [-0.1, -0.05) is 0 Å². The Kier molecular flexibility index (Phi) is 4.11. The van der Waals surface area contributed by atoms with Crippen molar-refractivity contribution in [1.82, 2.24) is 0 Å². The van der Waals surface area contributed by atoms with Crippen molar-refractivity contribution in [3.63, 3.8) is 0 Å². The highest BCUT2D eigenvalue weighted by Gasteiger charge is 2.04. The van der Waals surface area contributed by atoms with Gasteiger partial charge < -0.3 is 14.4 Å². The maximum absolute atomic E-state index is 10.0. The number of aliphatic carboxylic acids is 1. The third-order valence-electron chi connectivity index (χ3n) is 1.46. The van der Waals surface area contributed by atoms with Gasteiger partial charge in [-0.15, -0.1) is 0 Å². The van der Waals surface area contributed by atoms with Crippen LogP contribution in [0.4, 0.5) is 0 Å². The number of carbonyl (C=O) groups excluding carboxylic acids is 1. The number of carboxylic acid groups (broad SMARTS) is 1. The van der Waals surface area contributed by atoms with Crippen LogP contribution in [0.5, 0.6) is 0 Å².